The summed E-state index contributed by atoms with van der Waals surface area (Å²) in [5, 5.41) is 11.3. The van der Waals surface area contributed by atoms with Crippen molar-refractivity contribution in [2.24, 2.45) is 5.73 Å². The first-order chi connectivity index (χ1) is 9.09. The minimum atomic E-state index is -1.12. The third-order valence-corrected chi connectivity index (χ3v) is 3.51. The van der Waals surface area contributed by atoms with Crippen LogP contribution in [0.2, 0.25) is 0 Å². The van der Waals surface area contributed by atoms with Gasteiger partial charge in [0.2, 0.25) is 0 Å². The van der Waals surface area contributed by atoms with Gasteiger partial charge in [0.05, 0.1) is 12.1 Å². The molecule has 0 aliphatic carbocycles. The molecule has 3 N–H and O–H groups in total. The Balaban J connectivity index is 2.33. The second-order valence-corrected chi connectivity index (χ2v) is 4.75. The fourth-order valence-corrected chi connectivity index (χ4v) is 2.59. The van der Waals surface area contributed by atoms with Crippen molar-refractivity contribution < 1.29 is 14.7 Å². The molecule has 2 amide bonds. The van der Waals surface area contributed by atoms with Gasteiger partial charge in [0.1, 0.15) is 5.00 Å². The molecule has 6 heteroatoms. The average Bonchev–Trinajstić information content (AvgIpc) is 2.86. The maximum absolute atomic E-state index is 11.4. The van der Waals surface area contributed by atoms with Crippen molar-refractivity contribution in [2.75, 3.05) is 4.90 Å². The number of amides is 2. The van der Waals surface area contributed by atoms with E-state index >= 15 is 0 Å². The molecule has 0 atom stereocenters. The van der Waals surface area contributed by atoms with Crippen molar-refractivity contribution in [3.05, 3.63) is 52.9 Å². The van der Waals surface area contributed by atoms with E-state index in [1.807, 2.05) is 30.3 Å². The highest BCUT2D eigenvalue weighted by molar-refractivity contribution is 7.14. The number of rotatable bonds is 4. The second kappa shape index (κ2) is 5.53. The van der Waals surface area contributed by atoms with Crippen LogP contribution >= 0.6 is 11.3 Å². The first-order valence-corrected chi connectivity index (χ1v) is 6.39. The van der Waals surface area contributed by atoms with Gasteiger partial charge in [-0.3, -0.25) is 9.69 Å². The Morgan fingerprint density at radius 2 is 1.89 bits per heavy atom. The predicted molar refractivity (Wildman–Crippen MR) is 73.5 cm³/mol. The van der Waals surface area contributed by atoms with Crippen molar-refractivity contribution in [1.29, 1.82) is 0 Å². The highest BCUT2D eigenvalue weighted by atomic mass is 32.1. The molecule has 0 spiro atoms. The molecule has 0 saturated carbocycles. The van der Waals surface area contributed by atoms with E-state index in [1.54, 1.807) is 5.38 Å². The number of carbonyl (C=O) groups is 2. The van der Waals surface area contributed by atoms with Crippen molar-refractivity contribution in [3.8, 4) is 0 Å². The van der Waals surface area contributed by atoms with E-state index < -0.39 is 12.0 Å². The zero-order valence-corrected chi connectivity index (χ0v) is 10.8. The molecular weight excluding hydrogens is 264 g/mol. The molecule has 0 aliphatic rings. The summed E-state index contributed by atoms with van der Waals surface area (Å²) in [6.45, 7) is 0.178. The summed E-state index contributed by atoms with van der Waals surface area (Å²) >= 11 is 1.18. The van der Waals surface area contributed by atoms with E-state index in [2.05, 4.69) is 0 Å². The number of carboxylic acid groups (broad SMARTS) is 1. The number of benzene rings is 1. The van der Waals surface area contributed by atoms with Crippen LogP contribution in [-0.2, 0) is 6.54 Å². The van der Waals surface area contributed by atoms with Gasteiger partial charge in [-0.2, -0.15) is 0 Å². The standard InChI is InChI=1S/C13H12N2O3S/c14-11(16)10-6-7-19-12(10)15(13(17)18)8-9-4-2-1-3-5-9/h1-7H,8H2,(H2,14,16)(H,17,18). The van der Waals surface area contributed by atoms with E-state index in [0.717, 1.165) is 10.5 Å². The number of hydrogen-bond donors (Lipinski definition) is 2. The van der Waals surface area contributed by atoms with Crippen LogP contribution in [0.25, 0.3) is 0 Å². The van der Waals surface area contributed by atoms with Gasteiger partial charge in [-0.1, -0.05) is 30.3 Å². The van der Waals surface area contributed by atoms with E-state index in [1.165, 1.54) is 17.4 Å². The second-order valence-electron chi connectivity index (χ2n) is 3.86. The molecule has 2 rings (SSSR count). The minimum absolute atomic E-state index is 0.178. The highest BCUT2D eigenvalue weighted by Crippen LogP contribution is 2.28. The summed E-state index contributed by atoms with van der Waals surface area (Å²) < 4.78 is 0. The van der Waals surface area contributed by atoms with Crippen LogP contribution in [0.15, 0.2) is 41.8 Å². The number of anilines is 1. The van der Waals surface area contributed by atoms with Crippen LogP contribution in [0.3, 0.4) is 0 Å². The topological polar surface area (TPSA) is 83.6 Å². The highest BCUT2D eigenvalue weighted by Gasteiger charge is 2.21. The third kappa shape index (κ3) is 2.92. The number of thiophene rings is 1. The van der Waals surface area contributed by atoms with Gasteiger partial charge < -0.3 is 10.8 Å². The molecule has 19 heavy (non-hydrogen) atoms. The number of nitrogens with two attached hydrogens (primary N) is 1. The molecule has 0 saturated heterocycles. The van der Waals surface area contributed by atoms with Crippen LogP contribution in [0.4, 0.5) is 9.80 Å². The van der Waals surface area contributed by atoms with Crippen molar-refractivity contribution in [3.63, 3.8) is 0 Å². The first-order valence-electron chi connectivity index (χ1n) is 5.51. The van der Waals surface area contributed by atoms with Gasteiger partial charge in [-0.15, -0.1) is 11.3 Å². The number of carbonyl (C=O) groups excluding carboxylic acids is 1. The smallest absolute Gasteiger partial charge is 0.412 e. The molecule has 98 valence electrons. The molecule has 0 unspecified atom stereocenters. The lowest BCUT2D eigenvalue weighted by molar-refractivity contribution is 0.100. The molecule has 0 bridgehead atoms. The molecule has 0 radical (unpaired) electrons. The van der Waals surface area contributed by atoms with Crippen molar-refractivity contribution >= 4 is 28.3 Å². The number of hydrogen-bond acceptors (Lipinski definition) is 3. The fraction of sp³-hybridized carbons (Fsp3) is 0.0769. The Morgan fingerprint density at radius 3 is 2.47 bits per heavy atom. The summed E-state index contributed by atoms with van der Waals surface area (Å²) in [6.07, 6.45) is -1.12. The van der Waals surface area contributed by atoms with Crippen LogP contribution < -0.4 is 10.6 Å². The van der Waals surface area contributed by atoms with Crippen LogP contribution in [0, 0.1) is 0 Å². The Morgan fingerprint density at radius 1 is 1.21 bits per heavy atom. The zero-order valence-electron chi connectivity index (χ0n) is 9.95. The van der Waals surface area contributed by atoms with Gasteiger partial charge in [0.25, 0.3) is 5.91 Å². The fourth-order valence-electron chi connectivity index (χ4n) is 1.69. The van der Waals surface area contributed by atoms with E-state index in [0.29, 0.717) is 5.00 Å². The first kappa shape index (κ1) is 13.1. The quantitative estimate of drug-likeness (QED) is 0.900. The lowest BCUT2D eigenvalue weighted by Gasteiger charge is -2.18. The van der Waals surface area contributed by atoms with Gasteiger partial charge in [-0.25, -0.2) is 4.79 Å². The number of primary amides is 1. The molecule has 1 heterocycles. The normalized spacial score (nSPS) is 10.1. The monoisotopic (exact) mass is 276 g/mol. The Kier molecular flexibility index (Phi) is 3.82. The number of nitrogens with zero attached hydrogens (tertiary/aromatic N) is 1. The van der Waals surface area contributed by atoms with Gasteiger partial charge >= 0.3 is 6.09 Å². The largest absolute Gasteiger partial charge is 0.465 e. The summed E-state index contributed by atoms with van der Waals surface area (Å²) in [5.41, 5.74) is 6.31. The average molecular weight is 276 g/mol. The summed E-state index contributed by atoms with van der Waals surface area (Å²) in [4.78, 5) is 23.8. The Hall–Kier alpha value is -2.34. The van der Waals surface area contributed by atoms with Crippen molar-refractivity contribution in [2.45, 2.75) is 6.54 Å². The summed E-state index contributed by atoms with van der Waals surface area (Å²) in [6, 6.07) is 10.7. The molecule has 1 aromatic heterocycles. The van der Waals surface area contributed by atoms with Gasteiger partial charge in [0, 0.05) is 0 Å². The SMILES string of the molecule is NC(=O)c1ccsc1N(Cc1ccccc1)C(=O)O. The molecule has 5 nitrogen and oxygen atoms in total. The van der Waals surface area contributed by atoms with E-state index in [9.17, 15) is 14.7 Å². The van der Waals surface area contributed by atoms with Crippen molar-refractivity contribution in [1.82, 2.24) is 0 Å². The van der Waals surface area contributed by atoms with Crippen LogP contribution in [0.5, 0.6) is 0 Å². The zero-order chi connectivity index (χ0) is 13.8. The molecule has 0 aliphatic heterocycles. The Labute approximate surface area is 113 Å². The lowest BCUT2D eigenvalue weighted by Crippen LogP contribution is -2.29. The molecule has 0 fully saturated rings. The predicted octanol–water partition coefficient (Wildman–Crippen LogP) is 2.53. The third-order valence-electron chi connectivity index (χ3n) is 2.57. The van der Waals surface area contributed by atoms with E-state index in [-0.39, 0.29) is 12.1 Å². The Bertz CT molecular complexity index is 595. The summed E-state index contributed by atoms with van der Waals surface area (Å²) in [5.74, 6) is -0.629. The maximum atomic E-state index is 11.4. The van der Waals surface area contributed by atoms with E-state index in [4.69, 9.17) is 5.73 Å². The molecule has 2 aromatic rings. The van der Waals surface area contributed by atoms with Crippen LogP contribution in [0.1, 0.15) is 15.9 Å². The molecule has 1 aromatic carbocycles. The molecular formula is C13H12N2O3S. The lowest BCUT2D eigenvalue weighted by atomic mass is 10.2. The summed E-state index contributed by atoms with van der Waals surface area (Å²) in [7, 11) is 0. The van der Waals surface area contributed by atoms with Gasteiger partial charge in [-0.05, 0) is 17.0 Å². The minimum Gasteiger partial charge on any atom is -0.465 e. The maximum Gasteiger partial charge on any atom is 0.412 e. The van der Waals surface area contributed by atoms with Crippen LogP contribution in [-0.4, -0.2) is 17.1 Å². The van der Waals surface area contributed by atoms with Gasteiger partial charge in [0.15, 0.2) is 0 Å².